The van der Waals surface area contributed by atoms with E-state index in [1.165, 1.54) is 12.4 Å². The summed E-state index contributed by atoms with van der Waals surface area (Å²) in [5.41, 5.74) is 2.40. The van der Waals surface area contributed by atoms with Crippen molar-refractivity contribution in [2.75, 3.05) is 0 Å². The van der Waals surface area contributed by atoms with Crippen LogP contribution in [0.1, 0.15) is 16.1 Å². The molecule has 0 aliphatic heterocycles. The van der Waals surface area contributed by atoms with Gasteiger partial charge in [-0.2, -0.15) is 0 Å². The molecule has 3 aromatic rings. The van der Waals surface area contributed by atoms with Gasteiger partial charge in [0.05, 0.1) is 16.8 Å². The number of benzene rings is 1. The zero-order chi connectivity index (χ0) is 14.1. The maximum absolute atomic E-state index is 12.2. The number of esters is 1. The quantitative estimate of drug-likeness (QED) is 0.730. The number of halogens is 1. The number of ether oxygens (including phenoxy) is 1. The monoisotopic (exact) mass is 286 g/mol. The van der Waals surface area contributed by atoms with Crippen LogP contribution < -0.4 is 4.74 Å². The minimum atomic E-state index is -0.432. The van der Waals surface area contributed by atoms with E-state index in [-0.39, 0.29) is 0 Å². The van der Waals surface area contributed by atoms with Gasteiger partial charge >= 0.3 is 5.97 Å². The third kappa shape index (κ3) is 2.38. The number of nitrogens with zero attached hydrogens (tertiary/aromatic N) is 1. The summed E-state index contributed by atoms with van der Waals surface area (Å²) >= 11 is 5.81. The van der Waals surface area contributed by atoms with E-state index in [1.54, 1.807) is 12.1 Å². The highest BCUT2D eigenvalue weighted by atomic mass is 35.5. The Labute approximate surface area is 120 Å². The largest absolute Gasteiger partial charge is 0.421 e. The molecular weight excluding hydrogens is 276 g/mol. The standard InChI is InChI=1S/C15H11ClN2O2/c1-9-5-13-12(3-2-4-14(13)18-9)15(19)20-11-6-10(16)7-17-8-11/h2-8,18H,1H3. The van der Waals surface area contributed by atoms with E-state index < -0.39 is 5.97 Å². The van der Waals surface area contributed by atoms with Crippen LogP contribution >= 0.6 is 11.6 Å². The summed E-state index contributed by atoms with van der Waals surface area (Å²) in [5.74, 6) is -0.106. The Morgan fingerprint density at radius 2 is 2.15 bits per heavy atom. The van der Waals surface area contributed by atoms with E-state index >= 15 is 0 Å². The number of H-pyrrole nitrogens is 1. The summed E-state index contributed by atoms with van der Waals surface area (Å²) in [7, 11) is 0. The fraction of sp³-hybridized carbons (Fsp3) is 0.0667. The van der Waals surface area contributed by atoms with Gasteiger partial charge in [0.1, 0.15) is 0 Å². The van der Waals surface area contributed by atoms with Gasteiger partial charge in [-0.25, -0.2) is 4.79 Å². The first-order valence-corrected chi connectivity index (χ1v) is 6.42. The van der Waals surface area contributed by atoms with Crippen LogP contribution in [0.3, 0.4) is 0 Å². The lowest BCUT2D eigenvalue weighted by molar-refractivity contribution is 0.0736. The number of hydrogen-bond acceptors (Lipinski definition) is 3. The number of rotatable bonds is 2. The van der Waals surface area contributed by atoms with Gasteiger partial charge in [0, 0.05) is 28.9 Å². The van der Waals surface area contributed by atoms with Crippen molar-refractivity contribution in [1.82, 2.24) is 9.97 Å². The molecule has 0 unspecified atom stereocenters. The smallest absolute Gasteiger partial charge is 0.344 e. The fourth-order valence-corrected chi connectivity index (χ4v) is 2.25. The molecule has 2 heterocycles. The second kappa shape index (κ2) is 4.98. The number of fused-ring (bicyclic) bond motifs is 1. The summed E-state index contributed by atoms with van der Waals surface area (Å²) in [6.45, 7) is 1.94. The van der Waals surface area contributed by atoms with Crippen molar-refractivity contribution in [3.05, 3.63) is 59.0 Å². The van der Waals surface area contributed by atoms with Gasteiger partial charge in [0.2, 0.25) is 0 Å². The molecule has 100 valence electrons. The number of carbonyl (C=O) groups excluding carboxylic acids is 1. The van der Waals surface area contributed by atoms with E-state index in [0.29, 0.717) is 16.3 Å². The predicted molar refractivity (Wildman–Crippen MR) is 77.2 cm³/mol. The zero-order valence-corrected chi connectivity index (χ0v) is 11.4. The lowest BCUT2D eigenvalue weighted by Crippen LogP contribution is -2.08. The SMILES string of the molecule is Cc1cc2c(C(=O)Oc3cncc(Cl)c3)cccc2[nH]1. The Bertz CT molecular complexity index is 795. The van der Waals surface area contributed by atoms with Gasteiger partial charge in [0.25, 0.3) is 0 Å². The van der Waals surface area contributed by atoms with Crippen LogP contribution in [0.4, 0.5) is 0 Å². The van der Waals surface area contributed by atoms with Crippen LogP contribution in [-0.2, 0) is 0 Å². The molecule has 0 fully saturated rings. The minimum Gasteiger partial charge on any atom is -0.421 e. The average molecular weight is 287 g/mol. The number of nitrogens with one attached hydrogen (secondary N) is 1. The van der Waals surface area contributed by atoms with Crippen LogP contribution in [0.15, 0.2) is 42.7 Å². The number of aryl methyl sites for hydroxylation is 1. The van der Waals surface area contributed by atoms with Crippen molar-refractivity contribution in [3.8, 4) is 5.75 Å². The van der Waals surface area contributed by atoms with Crippen LogP contribution in [0.25, 0.3) is 10.9 Å². The van der Waals surface area contributed by atoms with Crippen molar-refractivity contribution < 1.29 is 9.53 Å². The average Bonchev–Trinajstić information content (AvgIpc) is 2.78. The van der Waals surface area contributed by atoms with Crippen LogP contribution in [0.5, 0.6) is 5.75 Å². The maximum atomic E-state index is 12.2. The second-order valence-corrected chi connectivity index (χ2v) is 4.88. The molecule has 0 amide bonds. The first-order chi connectivity index (χ1) is 9.63. The molecule has 3 rings (SSSR count). The summed E-state index contributed by atoms with van der Waals surface area (Å²) in [6.07, 6.45) is 2.93. The normalized spacial score (nSPS) is 10.7. The lowest BCUT2D eigenvalue weighted by Gasteiger charge is -2.05. The molecular formula is C15H11ClN2O2. The first-order valence-electron chi connectivity index (χ1n) is 6.04. The van der Waals surface area contributed by atoms with Gasteiger partial charge in [0.15, 0.2) is 5.75 Å². The van der Waals surface area contributed by atoms with E-state index in [0.717, 1.165) is 16.6 Å². The Hall–Kier alpha value is -2.33. The molecule has 20 heavy (non-hydrogen) atoms. The number of hydrogen-bond donors (Lipinski definition) is 1. The summed E-state index contributed by atoms with van der Waals surface area (Å²) in [6, 6.07) is 8.93. The van der Waals surface area contributed by atoms with Crippen LogP contribution in [-0.4, -0.2) is 15.9 Å². The van der Waals surface area contributed by atoms with Crippen molar-refractivity contribution in [2.45, 2.75) is 6.92 Å². The number of carbonyl (C=O) groups is 1. The van der Waals surface area contributed by atoms with Gasteiger partial charge in [-0.3, -0.25) is 4.98 Å². The topological polar surface area (TPSA) is 55.0 Å². The summed E-state index contributed by atoms with van der Waals surface area (Å²) in [4.78, 5) is 19.3. The van der Waals surface area contributed by atoms with E-state index in [2.05, 4.69) is 9.97 Å². The zero-order valence-electron chi connectivity index (χ0n) is 10.7. The first kappa shape index (κ1) is 12.7. The number of aromatic amines is 1. The van der Waals surface area contributed by atoms with Crippen molar-refractivity contribution >= 4 is 28.5 Å². The highest BCUT2D eigenvalue weighted by Gasteiger charge is 2.14. The Balaban J connectivity index is 1.96. The van der Waals surface area contributed by atoms with Crippen LogP contribution in [0.2, 0.25) is 5.02 Å². The Morgan fingerprint density at radius 3 is 2.95 bits per heavy atom. The molecule has 0 spiro atoms. The number of aromatic nitrogens is 2. The molecule has 0 radical (unpaired) electrons. The number of pyridine rings is 1. The van der Waals surface area contributed by atoms with Gasteiger partial charge in [-0.05, 0) is 25.1 Å². The third-order valence-corrected chi connectivity index (χ3v) is 3.12. The highest BCUT2D eigenvalue weighted by molar-refractivity contribution is 6.30. The van der Waals surface area contributed by atoms with Crippen LogP contribution in [0, 0.1) is 6.92 Å². The van der Waals surface area contributed by atoms with Gasteiger partial charge in [-0.15, -0.1) is 0 Å². The minimum absolute atomic E-state index is 0.326. The second-order valence-electron chi connectivity index (χ2n) is 4.45. The van der Waals surface area contributed by atoms with Crippen molar-refractivity contribution in [3.63, 3.8) is 0 Å². The molecule has 0 aliphatic rings. The fourth-order valence-electron chi connectivity index (χ4n) is 2.08. The predicted octanol–water partition coefficient (Wildman–Crippen LogP) is 3.74. The molecule has 5 heteroatoms. The summed E-state index contributed by atoms with van der Waals surface area (Å²) < 4.78 is 5.30. The molecule has 0 aliphatic carbocycles. The van der Waals surface area contributed by atoms with Gasteiger partial charge in [-0.1, -0.05) is 17.7 Å². The molecule has 2 aromatic heterocycles. The lowest BCUT2D eigenvalue weighted by atomic mass is 10.1. The molecule has 1 N–H and O–H groups in total. The molecule has 1 aromatic carbocycles. The van der Waals surface area contributed by atoms with Crippen molar-refractivity contribution in [1.29, 1.82) is 0 Å². The van der Waals surface area contributed by atoms with E-state index in [9.17, 15) is 4.79 Å². The highest BCUT2D eigenvalue weighted by Crippen LogP contribution is 2.22. The Morgan fingerprint density at radius 1 is 1.30 bits per heavy atom. The van der Waals surface area contributed by atoms with Crippen molar-refractivity contribution in [2.24, 2.45) is 0 Å². The molecule has 0 saturated carbocycles. The summed E-state index contributed by atoms with van der Waals surface area (Å²) in [5, 5.41) is 1.26. The Kier molecular flexibility index (Phi) is 3.16. The third-order valence-electron chi connectivity index (χ3n) is 2.91. The van der Waals surface area contributed by atoms with E-state index in [1.807, 2.05) is 25.1 Å². The molecule has 4 nitrogen and oxygen atoms in total. The molecule has 0 bridgehead atoms. The molecule has 0 atom stereocenters. The van der Waals surface area contributed by atoms with E-state index in [4.69, 9.17) is 16.3 Å². The maximum Gasteiger partial charge on any atom is 0.344 e. The van der Waals surface area contributed by atoms with Gasteiger partial charge < -0.3 is 9.72 Å². The molecule has 0 saturated heterocycles.